The van der Waals surface area contributed by atoms with E-state index in [0.29, 0.717) is 6.54 Å². The Morgan fingerprint density at radius 2 is 1.45 bits per heavy atom. The van der Waals surface area contributed by atoms with Gasteiger partial charge in [0.15, 0.2) is 0 Å². The third-order valence-corrected chi connectivity index (χ3v) is 3.09. The molecule has 0 bridgehead atoms. The van der Waals surface area contributed by atoms with Gasteiger partial charge in [0.1, 0.15) is 0 Å². The Labute approximate surface area is 119 Å². The summed E-state index contributed by atoms with van der Waals surface area (Å²) in [5, 5.41) is 3.56. The van der Waals surface area contributed by atoms with Crippen LogP contribution < -0.4 is 0 Å². The van der Waals surface area contributed by atoms with Crippen LogP contribution in [0.1, 0.15) is 16.7 Å². The van der Waals surface area contributed by atoms with E-state index in [2.05, 4.69) is 58.4 Å². The number of hydrogen-bond donors (Lipinski definition) is 0. The van der Waals surface area contributed by atoms with Crippen molar-refractivity contribution in [3.05, 3.63) is 81.7 Å². The first-order valence-electron chi connectivity index (χ1n) is 6.59. The van der Waals surface area contributed by atoms with E-state index in [4.69, 9.17) is 5.53 Å². The fourth-order valence-electron chi connectivity index (χ4n) is 2.13. The highest BCUT2D eigenvalue weighted by molar-refractivity contribution is 5.22. The maximum Gasteiger partial charge on any atom is 0.0510 e. The van der Waals surface area contributed by atoms with Crippen molar-refractivity contribution in [2.24, 2.45) is 5.11 Å². The molecule has 0 aliphatic rings. The second kappa shape index (κ2) is 7.34. The highest BCUT2D eigenvalue weighted by Crippen LogP contribution is 2.10. The largest absolute Gasteiger partial charge is 0.298 e. The standard InChI is InChI=1S/C16H18N4/c1-20(12-15-5-3-2-4-6-15)13-16-9-7-14(8-10-16)11-18-19-17/h2-10H,11-13H2,1H3. The maximum absolute atomic E-state index is 8.29. The van der Waals surface area contributed by atoms with Crippen LogP contribution in [0.4, 0.5) is 0 Å². The van der Waals surface area contributed by atoms with Crippen LogP contribution in [0.5, 0.6) is 0 Å². The Balaban J connectivity index is 1.91. The molecule has 0 unspecified atom stereocenters. The van der Waals surface area contributed by atoms with Crippen molar-refractivity contribution >= 4 is 0 Å². The molecule has 0 radical (unpaired) electrons. The predicted octanol–water partition coefficient (Wildman–Crippen LogP) is 4.13. The first-order valence-corrected chi connectivity index (χ1v) is 6.59. The quantitative estimate of drug-likeness (QED) is 0.440. The van der Waals surface area contributed by atoms with E-state index in [0.717, 1.165) is 18.7 Å². The van der Waals surface area contributed by atoms with Crippen molar-refractivity contribution in [2.75, 3.05) is 7.05 Å². The van der Waals surface area contributed by atoms with E-state index in [1.165, 1.54) is 11.1 Å². The lowest BCUT2D eigenvalue weighted by Gasteiger charge is -2.17. The van der Waals surface area contributed by atoms with Crippen molar-refractivity contribution in [1.82, 2.24) is 4.90 Å². The second-order valence-electron chi connectivity index (χ2n) is 4.86. The highest BCUT2D eigenvalue weighted by Gasteiger charge is 2.01. The molecule has 0 saturated heterocycles. The van der Waals surface area contributed by atoms with Crippen molar-refractivity contribution in [3.8, 4) is 0 Å². The Morgan fingerprint density at radius 3 is 2.05 bits per heavy atom. The minimum Gasteiger partial charge on any atom is -0.298 e. The van der Waals surface area contributed by atoms with E-state index in [1.54, 1.807) is 0 Å². The summed E-state index contributed by atoms with van der Waals surface area (Å²) in [7, 11) is 2.11. The molecule has 0 fully saturated rings. The highest BCUT2D eigenvalue weighted by atomic mass is 15.1. The van der Waals surface area contributed by atoms with Crippen LogP contribution in [-0.2, 0) is 19.6 Å². The zero-order valence-electron chi connectivity index (χ0n) is 11.6. The van der Waals surface area contributed by atoms with E-state index in [1.807, 2.05) is 18.2 Å². The molecule has 0 saturated carbocycles. The smallest absolute Gasteiger partial charge is 0.0510 e. The predicted molar refractivity (Wildman–Crippen MR) is 80.9 cm³/mol. The molecule has 0 aliphatic carbocycles. The zero-order chi connectivity index (χ0) is 14.2. The second-order valence-corrected chi connectivity index (χ2v) is 4.86. The Kier molecular flexibility index (Phi) is 5.18. The molecule has 0 heterocycles. The molecular formula is C16H18N4. The third kappa shape index (κ3) is 4.43. The van der Waals surface area contributed by atoms with Crippen LogP contribution in [0.2, 0.25) is 0 Å². The normalized spacial score (nSPS) is 10.3. The molecule has 0 atom stereocenters. The van der Waals surface area contributed by atoms with Crippen molar-refractivity contribution < 1.29 is 0 Å². The maximum atomic E-state index is 8.29. The van der Waals surface area contributed by atoms with Crippen LogP contribution in [0.3, 0.4) is 0 Å². The fraction of sp³-hybridized carbons (Fsp3) is 0.250. The summed E-state index contributed by atoms with van der Waals surface area (Å²) < 4.78 is 0. The zero-order valence-corrected chi connectivity index (χ0v) is 11.6. The Morgan fingerprint density at radius 1 is 0.900 bits per heavy atom. The molecule has 2 aromatic rings. The molecule has 0 aromatic heterocycles. The third-order valence-electron chi connectivity index (χ3n) is 3.09. The summed E-state index contributed by atoms with van der Waals surface area (Å²) in [5.74, 6) is 0. The first-order chi connectivity index (χ1) is 9.78. The molecule has 0 spiro atoms. The Bertz CT molecular complexity index is 571. The number of rotatable bonds is 6. The van der Waals surface area contributed by atoms with Crippen LogP contribution in [-0.4, -0.2) is 11.9 Å². The monoisotopic (exact) mass is 266 g/mol. The summed E-state index contributed by atoms with van der Waals surface area (Å²) >= 11 is 0. The molecular weight excluding hydrogens is 248 g/mol. The van der Waals surface area contributed by atoms with Crippen LogP contribution in [0, 0.1) is 0 Å². The van der Waals surface area contributed by atoms with Gasteiger partial charge in [0.05, 0.1) is 6.54 Å². The Hall–Kier alpha value is -2.29. The molecule has 20 heavy (non-hydrogen) atoms. The summed E-state index contributed by atoms with van der Waals surface area (Å²) in [4.78, 5) is 5.04. The lowest BCUT2D eigenvalue weighted by molar-refractivity contribution is 0.319. The van der Waals surface area contributed by atoms with Gasteiger partial charge >= 0.3 is 0 Å². The first kappa shape index (κ1) is 14.1. The molecule has 0 N–H and O–H groups in total. The molecule has 4 nitrogen and oxygen atoms in total. The van der Waals surface area contributed by atoms with Gasteiger partial charge in [0, 0.05) is 18.0 Å². The van der Waals surface area contributed by atoms with Crippen molar-refractivity contribution in [1.29, 1.82) is 0 Å². The number of nitrogens with zero attached hydrogens (tertiary/aromatic N) is 4. The average Bonchev–Trinajstić information content (AvgIpc) is 2.47. The molecule has 2 aromatic carbocycles. The summed E-state index contributed by atoms with van der Waals surface area (Å²) in [6.07, 6.45) is 0. The van der Waals surface area contributed by atoms with Gasteiger partial charge in [-0.25, -0.2) is 0 Å². The van der Waals surface area contributed by atoms with Gasteiger partial charge in [-0.3, -0.25) is 4.90 Å². The molecule has 0 aliphatic heterocycles. The summed E-state index contributed by atoms with van der Waals surface area (Å²) in [5.41, 5.74) is 11.9. The van der Waals surface area contributed by atoms with Crippen molar-refractivity contribution in [2.45, 2.75) is 19.6 Å². The van der Waals surface area contributed by atoms with E-state index >= 15 is 0 Å². The van der Waals surface area contributed by atoms with Crippen LogP contribution >= 0.6 is 0 Å². The molecule has 2 rings (SSSR count). The minimum absolute atomic E-state index is 0.413. The van der Waals surface area contributed by atoms with Gasteiger partial charge in [0.2, 0.25) is 0 Å². The lowest BCUT2D eigenvalue weighted by atomic mass is 10.1. The van der Waals surface area contributed by atoms with Gasteiger partial charge < -0.3 is 0 Å². The topological polar surface area (TPSA) is 52.0 Å². The van der Waals surface area contributed by atoms with Crippen LogP contribution in [0.15, 0.2) is 59.7 Å². The molecule has 0 amide bonds. The average molecular weight is 266 g/mol. The fourth-order valence-corrected chi connectivity index (χ4v) is 2.13. The number of azide groups is 1. The van der Waals surface area contributed by atoms with Crippen molar-refractivity contribution in [3.63, 3.8) is 0 Å². The van der Waals surface area contributed by atoms with E-state index in [-0.39, 0.29) is 0 Å². The van der Waals surface area contributed by atoms with Gasteiger partial charge in [0.25, 0.3) is 0 Å². The van der Waals surface area contributed by atoms with Crippen LogP contribution in [0.25, 0.3) is 10.4 Å². The van der Waals surface area contributed by atoms with E-state index in [9.17, 15) is 0 Å². The van der Waals surface area contributed by atoms with Gasteiger partial charge in [-0.15, -0.1) is 0 Å². The summed E-state index contributed by atoms with van der Waals surface area (Å²) in [6, 6.07) is 18.6. The molecule has 4 heteroatoms. The van der Waals surface area contributed by atoms with E-state index < -0.39 is 0 Å². The number of benzene rings is 2. The SMILES string of the molecule is CN(Cc1ccccc1)Cc1ccc(CN=[N+]=[N-])cc1. The summed E-state index contributed by atoms with van der Waals surface area (Å²) in [6.45, 7) is 2.24. The number of hydrogen-bond acceptors (Lipinski definition) is 2. The minimum atomic E-state index is 0.413. The lowest BCUT2D eigenvalue weighted by Crippen LogP contribution is -2.17. The van der Waals surface area contributed by atoms with Gasteiger partial charge in [-0.1, -0.05) is 59.7 Å². The van der Waals surface area contributed by atoms with Gasteiger partial charge in [-0.2, -0.15) is 0 Å². The van der Waals surface area contributed by atoms with Gasteiger partial charge in [-0.05, 0) is 29.3 Å². The molecule has 102 valence electrons.